The summed E-state index contributed by atoms with van der Waals surface area (Å²) in [6.45, 7) is 0. The summed E-state index contributed by atoms with van der Waals surface area (Å²) in [5, 5.41) is 5.91. The van der Waals surface area contributed by atoms with E-state index in [2.05, 4.69) is 10.6 Å². The number of ether oxygens (including phenoxy) is 1. The Morgan fingerprint density at radius 2 is 1.64 bits per heavy atom. The van der Waals surface area contributed by atoms with Crippen molar-refractivity contribution in [2.24, 2.45) is 0 Å². The average Bonchev–Trinajstić information content (AvgIpc) is 3.05. The van der Waals surface area contributed by atoms with Gasteiger partial charge in [-0.25, -0.2) is 4.90 Å². The molecule has 0 saturated carbocycles. The van der Waals surface area contributed by atoms with Crippen LogP contribution in [0, 0.1) is 0 Å². The highest BCUT2D eigenvalue weighted by atomic mass is 35.5. The molecule has 3 aromatic carbocycles. The van der Waals surface area contributed by atoms with Gasteiger partial charge in [-0.2, -0.15) is 0 Å². The van der Waals surface area contributed by atoms with Gasteiger partial charge in [0.25, 0.3) is 17.7 Å². The van der Waals surface area contributed by atoms with E-state index in [1.54, 1.807) is 48.5 Å². The molecule has 1 aliphatic rings. The SMILES string of the molecule is COc1ccc(Cl)cc1C(=O)NC(=S)Nc1ccc(N2C(=O)c3ccccc3C2=O)cc1Cl. The predicted octanol–water partition coefficient (Wildman–Crippen LogP) is 4.93. The lowest BCUT2D eigenvalue weighted by molar-refractivity contribution is 0.0923. The molecule has 10 heteroatoms. The number of methoxy groups -OCH3 is 1. The number of carbonyl (C=O) groups excluding carboxylic acids is 3. The molecule has 33 heavy (non-hydrogen) atoms. The van der Waals surface area contributed by atoms with Gasteiger partial charge in [0.15, 0.2) is 5.11 Å². The number of benzene rings is 3. The van der Waals surface area contributed by atoms with E-state index in [-0.39, 0.29) is 15.7 Å². The van der Waals surface area contributed by atoms with Gasteiger partial charge in [-0.1, -0.05) is 35.3 Å². The molecule has 1 aliphatic heterocycles. The van der Waals surface area contributed by atoms with Crippen LogP contribution >= 0.6 is 35.4 Å². The number of amides is 3. The highest BCUT2D eigenvalue weighted by Crippen LogP contribution is 2.33. The van der Waals surface area contributed by atoms with Crippen molar-refractivity contribution < 1.29 is 19.1 Å². The molecule has 0 unspecified atom stereocenters. The standard InChI is InChI=1S/C23H15Cl2N3O4S/c1-32-19-9-6-12(24)10-16(19)20(29)27-23(33)26-18-8-7-13(11-17(18)25)28-21(30)14-4-2-3-5-15(14)22(28)31/h2-11H,1H3,(H2,26,27,29,33). The first-order valence-corrected chi connectivity index (χ1v) is 10.7. The highest BCUT2D eigenvalue weighted by molar-refractivity contribution is 7.80. The van der Waals surface area contributed by atoms with Crippen LogP contribution in [-0.2, 0) is 0 Å². The Hall–Kier alpha value is -3.46. The highest BCUT2D eigenvalue weighted by Gasteiger charge is 2.36. The van der Waals surface area contributed by atoms with E-state index in [0.29, 0.717) is 33.3 Å². The summed E-state index contributed by atoms with van der Waals surface area (Å²) in [6.07, 6.45) is 0. The molecule has 0 radical (unpaired) electrons. The first-order chi connectivity index (χ1) is 15.8. The first-order valence-electron chi connectivity index (χ1n) is 9.53. The van der Waals surface area contributed by atoms with Crippen LogP contribution in [0.5, 0.6) is 5.75 Å². The molecule has 2 N–H and O–H groups in total. The van der Waals surface area contributed by atoms with Gasteiger partial charge in [0.2, 0.25) is 0 Å². The normalized spacial score (nSPS) is 12.4. The number of halogens is 2. The maximum absolute atomic E-state index is 12.7. The molecule has 0 aliphatic carbocycles. The summed E-state index contributed by atoms with van der Waals surface area (Å²) in [6, 6.07) is 15.8. The van der Waals surface area contributed by atoms with E-state index in [0.717, 1.165) is 4.90 Å². The van der Waals surface area contributed by atoms with E-state index < -0.39 is 17.7 Å². The van der Waals surface area contributed by atoms with Gasteiger partial charge >= 0.3 is 0 Å². The molecule has 4 rings (SSSR count). The van der Waals surface area contributed by atoms with Crippen molar-refractivity contribution >= 4 is 69.6 Å². The molecule has 7 nitrogen and oxygen atoms in total. The lowest BCUT2D eigenvalue weighted by Crippen LogP contribution is -2.34. The van der Waals surface area contributed by atoms with Gasteiger partial charge < -0.3 is 10.1 Å². The fourth-order valence-corrected chi connectivity index (χ4v) is 3.95. The van der Waals surface area contributed by atoms with E-state index in [4.69, 9.17) is 40.2 Å². The molecular formula is C23H15Cl2N3O4S. The zero-order valence-corrected chi connectivity index (χ0v) is 19.3. The van der Waals surface area contributed by atoms with E-state index in [9.17, 15) is 14.4 Å². The van der Waals surface area contributed by atoms with Gasteiger partial charge in [0.1, 0.15) is 5.75 Å². The molecule has 0 bridgehead atoms. The molecule has 166 valence electrons. The quantitative estimate of drug-likeness (QED) is 0.390. The van der Waals surface area contributed by atoms with Crippen LogP contribution in [0.15, 0.2) is 60.7 Å². The molecule has 3 amide bonds. The van der Waals surface area contributed by atoms with E-state index >= 15 is 0 Å². The number of nitrogens with one attached hydrogen (secondary N) is 2. The van der Waals surface area contributed by atoms with Crippen LogP contribution in [0.2, 0.25) is 10.0 Å². The maximum Gasteiger partial charge on any atom is 0.266 e. The number of anilines is 2. The number of carbonyl (C=O) groups is 3. The second kappa shape index (κ2) is 9.19. The van der Waals surface area contributed by atoms with Crippen LogP contribution in [-0.4, -0.2) is 29.9 Å². The van der Waals surface area contributed by atoms with Crippen LogP contribution in [0.3, 0.4) is 0 Å². The number of hydrogen-bond donors (Lipinski definition) is 2. The third-order valence-electron chi connectivity index (χ3n) is 4.89. The zero-order valence-electron chi connectivity index (χ0n) is 17.0. The monoisotopic (exact) mass is 499 g/mol. The van der Waals surface area contributed by atoms with Crippen LogP contribution in [0.4, 0.5) is 11.4 Å². The Bertz CT molecular complexity index is 1290. The Balaban J connectivity index is 1.49. The van der Waals surface area contributed by atoms with E-state index in [1.807, 2.05) is 0 Å². The number of thiocarbonyl (C=S) groups is 1. The Labute approximate surface area is 204 Å². The van der Waals surface area contributed by atoms with Gasteiger partial charge in [-0.05, 0) is 60.7 Å². The zero-order chi connectivity index (χ0) is 23.7. The summed E-state index contributed by atoms with van der Waals surface area (Å²) >= 11 is 17.5. The minimum atomic E-state index is -0.523. The number of fused-ring (bicyclic) bond motifs is 1. The third-order valence-corrected chi connectivity index (χ3v) is 5.64. The lowest BCUT2D eigenvalue weighted by Gasteiger charge is -2.17. The first kappa shape index (κ1) is 22.7. The summed E-state index contributed by atoms with van der Waals surface area (Å²) in [5.41, 5.74) is 1.57. The lowest BCUT2D eigenvalue weighted by atomic mass is 10.1. The molecule has 0 saturated heterocycles. The van der Waals surface area contributed by atoms with Gasteiger partial charge in [0.05, 0.1) is 40.2 Å². The predicted molar refractivity (Wildman–Crippen MR) is 131 cm³/mol. The summed E-state index contributed by atoms with van der Waals surface area (Å²) in [4.78, 5) is 39.0. The third kappa shape index (κ3) is 4.41. The van der Waals surface area contributed by atoms with Gasteiger partial charge in [0, 0.05) is 5.02 Å². The summed E-state index contributed by atoms with van der Waals surface area (Å²) in [5.74, 6) is -1.04. The van der Waals surface area contributed by atoms with Crippen LogP contribution < -0.4 is 20.3 Å². The molecule has 0 spiro atoms. The molecular weight excluding hydrogens is 485 g/mol. The molecule has 3 aromatic rings. The second-order valence-electron chi connectivity index (χ2n) is 6.91. The Morgan fingerprint density at radius 3 is 2.24 bits per heavy atom. The minimum Gasteiger partial charge on any atom is -0.496 e. The van der Waals surface area contributed by atoms with Crippen molar-refractivity contribution in [3.8, 4) is 5.75 Å². The number of imide groups is 1. The molecule has 0 aromatic heterocycles. The van der Waals surface area contributed by atoms with Crippen molar-refractivity contribution in [2.75, 3.05) is 17.3 Å². The number of rotatable bonds is 4. The van der Waals surface area contributed by atoms with Crippen LogP contribution in [0.25, 0.3) is 0 Å². The second-order valence-corrected chi connectivity index (χ2v) is 8.16. The van der Waals surface area contributed by atoms with Crippen molar-refractivity contribution in [3.63, 3.8) is 0 Å². The van der Waals surface area contributed by atoms with Crippen molar-refractivity contribution in [1.82, 2.24) is 5.32 Å². The van der Waals surface area contributed by atoms with E-state index in [1.165, 1.54) is 19.2 Å². The number of hydrogen-bond acceptors (Lipinski definition) is 5. The molecule has 0 fully saturated rings. The minimum absolute atomic E-state index is 0.0163. The molecule has 0 atom stereocenters. The van der Waals surface area contributed by atoms with Crippen molar-refractivity contribution in [1.29, 1.82) is 0 Å². The maximum atomic E-state index is 12.7. The molecule has 1 heterocycles. The fraction of sp³-hybridized carbons (Fsp3) is 0.0435. The van der Waals surface area contributed by atoms with Crippen LogP contribution in [0.1, 0.15) is 31.1 Å². The largest absolute Gasteiger partial charge is 0.496 e. The van der Waals surface area contributed by atoms with Gasteiger partial charge in [-0.15, -0.1) is 0 Å². The Morgan fingerprint density at radius 1 is 0.970 bits per heavy atom. The summed E-state index contributed by atoms with van der Waals surface area (Å²) < 4.78 is 5.18. The fourth-order valence-electron chi connectivity index (χ4n) is 3.35. The Kier molecular flexibility index (Phi) is 6.33. The average molecular weight is 500 g/mol. The van der Waals surface area contributed by atoms with Crippen molar-refractivity contribution in [3.05, 3.63) is 87.4 Å². The smallest absolute Gasteiger partial charge is 0.266 e. The summed E-state index contributed by atoms with van der Waals surface area (Å²) in [7, 11) is 1.44. The topological polar surface area (TPSA) is 87.7 Å². The van der Waals surface area contributed by atoms with Gasteiger partial charge in [-0.3, -0.25) is 19.7 Å². The van der Waals surface area contributed by atoms with Crippen molar-refractivity contribution in [2.45, 2.75) is 0 Å². The number of nitrogens with zero attached hydrogens (tertiary/aromatic N) is 1.